The van der Waals surface area contributed by atoms with E-state index in [9.17, 15) is 9.18 Å². The van der Waals surface area contributed by atoms with Crippen LogP contribution >= 0.6 is 0 Å². The molecule has 2 aliphatic rings. The van der Waals surface area contributed by atoms with Gasteiger partial charge in [-0.3, -0.25) is 4.79 Å². The van der Waals surface area contributed by atoms with Crippen LogP contribution in [0.15, 0.2) is 36.4 Å². The van der Waals surface area contributed by atoms with Crippen LogP contribution in [0, 0.1) is 11.7 Å². The fourth-order valence-electron chi connectivity index (χ4n) is 3.67. The number of carbonyl (C=O) groups excluding carboxylic acids is 1. The van der Waals surface area contributed by atoms with Gasteiger partial charge in [0.05, 0.1) is 6.10 Å². The van der Waals surface area contributed by atoms with E-state index in [1.54, 1.807) is 24.3 Å². The Kier molecular flexibility index (Phi) is 3.34. The van der Waals surface area contributed by atoms with Gasteiger partial charge in [0, 0.05) is 29.5 Å². The SMILES string of the molecule is O=C(N[C@@H]1C[C@@H]2OCCC[C@@H]21)c1ccc(F)c2ccccc12. The molecule has 4 heteroatoms. The summed E-state index contributed by atoms with van der Waals surface area (Å²) in [4.78, 5) is 12.6. The molecule has 0 spiro atoms. The maximum Gasteiger partial charge on any atom is 0.252 e. The second-order valence-electron chi connectivity index (χ2n) is 6.17. The van der Waals surface area contributed by atoms with Gasteiger partial charge in [-0.05, 0) is 36.8 Å². The first-order valence-corrected chi connectivity index (χ1v) is 7.84. The second kappa shape index (κ2) is 5.36. The van der Waals surface area contributed by atoms with E-state index in [0.717, 1.165) is 25.9 Å². The third-order valence-electron chi connectivity index (χ3n) is 4.93. The lowest BCUT2D eigenvalue weighted by molar-refractivity contribution is -0.100. The summed E-state index contributed by atoms with van der Waals surface area (Å²) in [5, 5.41) is 4.25. The largest absolute Gasteiger partial charge is 0.378 e. The fraction of sp³-hybridized carbons (Fsp3) is 0.389. The first kappa shape index (κ1) is 13.7. The Balaban J connectivity index is 1.57. The van der Waals surface area contributed by atoms with Gasteiger partial charge in [0.15, 0.2) is 0 Å². The van der Waals surface area contributed by atoms with E-state index in [4.69, 9.17) is 4.74 Å². The van der Waals surface area contributed by atoms with E-state index in [-0.39, 0.29) is 17.8 Å². The van der Waals surface area contributed by atoms with Crippen LogP contribution in [0.25, 0.3) is 10.8 Å². The Hall–Kier alpha value is -1.94. The molecule has 0 radical (unpaired) electrons. The number of carbonyl (C=O) groups is 1. The lowest BCUT2D eigenvalue weighted by atomic mass is 9.72. The molecule has 3 nitrogen and oxygen atoms in total. The third-order valence-corrected chi connectivity index (χ3v) is 4.93. The van der Waals surface area contributed by atoms with Crippen LogP contribution in [0.4, 0.5) is 4.39 Å². The number of amides is 1. The molecule has 1 heterocycles. The Morgan fingerprint density at radius 3 is 2.82 bits per heavy atom. The summed E-state index contributed by atoms with van der Waals surface area (Å²) in [5.74, 6) is 0.0196. The number of hydrogen-bond donors (Lipinski definition) is 1. The van der Waals surface area contributed by atoms with Gasteiger partial charge in [0.25, 0.3) is 5.91 Å². The molecule has 1 aliphatic heterocycles. The number of rotatable bonds is 2. The fourth-order valence-corrected chi connectivity index (χ4v) is 3.67. The first-order valence-electron chi connectivity index (χ1n) is 7.84. The van der Waals surface area contributed by atoms with Gasteiger partial charge in [-0.1, -0.05) is 24.3 Å². The minimum Gasteiger partial charge on any atom is -0.378 e. The highest BCUT2D eigenvalue weighted by atomic mass is 19.1. The van der Waals surface area contributed by atoms with Gasteiger partial charge in [-0.15, -0.1) is 0 Å². The third kappa shape index (κ3) is 2.18. The standard InChI is InChI=1S/C18H18FNO2/c19-15-8-7-13(11-4-1-2-5-12(11)15)18(21)20-16-10-17-14(16)6-3-9-22-17/h1-2,4-5,7-8,14,16-17H,3,6,9-10H2,(H,20,21)/t14-,16-,17+/m1/s1. The highest BCUT2D eigenvalue weighted by Crippen LogP contribution is 2.38. The van der Waals surface area contributed by atoms with Crippen molar-refractivity contribution in [2.24, 2.45) is 5.92 Å². The van der Waals surface area contributed by atoms with Gasteiger partial charge in [0.1, 0.15) is 5.82 Å². The monoisotopic (exact) mass is 299 g/mol. The minimum atomic E-state index is -0.295. The van der Waals surface area contributed by atoms with Gasteiger partial charge >= 0.3 is 0 Å². The molecule has 1 aliphatic carbocycles. The maximum atomic E-state index is 13.8. The topological polar surface area (TPSA) is 38.3 Å². The number of fused-ring (bicyclic) bond motifs is 2. The maximum absolute atomic E-state index is 13.8. The highest BCUT2D eigenvalue weighted by molar-refractivity contribution is 6.07. The summed E-state index contributed by atoms with van der Waals surface area (Å²) >= 11 is 0. The number of ether oxygens (including phenoxy) is 1. The first-order chi connectivity index (χ1) is 10.7. The van der Waals surface area contributed by atoms with Crippen LogP contribution in [0.5, 0.6) is 0 Å². The Bertz CT molecular complexity index is 730. The molecule has 2 aromatic rings. The second-order valence-corrected chi connectivity index (χ2v) is 6.17. The molecule has 4 rings (SSSR count). The molecule has 2 fully saturated rings. The zero-order chi connectivity index (χ0) is 15.1. The summed E-state index contributed by atoms with van der Waals surface area (Å²) in [7, 11) is 0. The molecule has 1 saturated heterocycles. The lowest BCUT2D eigenvalue weighted by Crippen LogP contribution is -2.57. The number of hydrogen-bond acceptors (Lipinski definition) is 2. The van der Waals surface area contributed by atoms with E-state index >= 15 is 0 Å². The van der Waals surface area contributed by atoms with Crippen molar-refractivity contribution in [3.05, 3.63) is 47.8 Å². The number of halogens is 1. The molecule has 0 unspecified atom stereocenters. The summed E-state index contributed by atoms with van der Waals surface area (Å²) in [6.07, 6.45) is 3.37. The average Bonchev–Trinajstić information content (AvgIpc) is 2.53. The van der Waals surface area contributed by atoms with Crippen molar-refractivity contribution < 1.29 is 13.9 Å². The smallest absolute Gasteiger partial charge is 0.252 e. The van der Waals surface area contributed by atoms with Crippen LogP contribution in [0.2, 0.25) is 0 Å². The van der Waals surface area contributed by atoms with Crippen molar-refractivity contribution >= 4 is 16.7 Å². The van der Waals surface area contributed by atoms with E-state index < -0.39 is 0 Å². The summed E-state index contributed by atoms with van der Waals surface area (Å²) < 4.78 is 19.5. The van der Waals surface area contributed by atoms with Crippen LogP contribution in [-0.2, 0) is 4.74 Å². The predicted octanol–water partition coefficient (Wildman–Crippen LogP) is 3.28. The molecular weight excluding hydrogens is 281 g/mol. The van der Waals surface area contributed by atoms with Crippen LogP contribution in [0.1, 0.15) is 29.6 Å². The Labute approximate surface area is 128 Å². The van der Waals surface area contributed by atoms with Gasteiger partial charge < -0.3 is 10.1 Å². The Morgan fingerprint density at radius 1 is 1.18 bits per heavy atom. The molecule has 1 N–H and O–H groups in total. The van der Waals surface area contributed by atoms with Crippen LogP contribution < -0.4 is 5.32 Å². The zero-order valence-corrected chi connectivity index (χ0v) is 12.2. The van der Waals surface area contributed by atoms with Crippen molar-refractivity contribution in [3.63, 3.8) is 0 Å². The van der Waals surface area contributed by atoms with Crippen LogP contribution in [-0.4, -0.2) is 24.7 Å². The van der Waals surface area contributed by atoms with E-state index in [1.807, 2.05) is 6.07 Å². The molecule has 1 amide bonds. The minimum absolute atomic E-state index is 0.120. The van der Waals surface area contributed by atoms with Crippen molar-refractivity contribution in [1.29, 1.82) is 0 Å². The molecule has 0 aromatic heterocycles. The van der Waals surface area contributed by atoms with Gasteiger partial charge in [-0.25, -0.2) is 4.39 Å². The molecule has 3 atom stereocenters. The summed E-state index contributed by atoms with van der Waals surface area (Å²) in [6.45, 7) is 0.838. The average molecular weight is 299 g/mol. The Morgan fingerprint density at radius 2 is 2.00 bits per heavy atom. The van der Waals surface area contributed by atoms with Crippen molar-refractivity contribution in [1.82, 2.24) is 5.32 Å². The molecule has 22 heavy (non-hydrogen) atoms. The normalized spacial score (nSPS) is 27.0. The van der Waals surface area contributed by atoms with E-state index in [0.29, 0.717) is 28.4 Å². The molecule has 114 valence electrons. The number of benzene rings is 2. The molecule has 0 bridgehead atoms. The van der Waals surface area contributed by atoms with E-state index in [1.165, 1.54) is 6.07 Å². The zero-order valence-electron chi connectivity index (χ0n) is 12.2. The van der Waals surface area contributed by atoms with Crippen molar-refractivity contribution in [2.45, 2.75) is 31.4 Å². The highest BCUT2D eigenvalue weighted by Gasteiger charge is 2.44. The summed E-state index contributed by atoms with van der Waals surface area (Å²) in [6, 6.07) is 10.2. The van der Waals surface area contributed by atoms with Gasteiger partial charge in [-0.2, -0.15) is 0 Å². The molecule has 2 aromatic carbocycles. The lowest BCUT2D eigenvalue weighted by Gasteiger charge is -2.47. The predicted molar refractivity (Wildman–Crippen MR) is 82.2 cm³/mol. The van der Waals surface area contributed by atoms with Crippen molar-refractivity contribution in [3.8, 4) is 0 Å². The number of nitrogens with one attached hydrogen (secondary N) is 1. The molecule has 1 saturated carbocycles. The van der Waals surface area contributed by atoms with Crippen LogP contribution in [0.3, 0.4) is 0 Å². The van der Waals surface area contributed by atoms with E-state index in [2.05, 4.69) is 5.32 Å². The molecular formula is C18H18FNO2. The van der Waals surface area contributed by atoms with Crippen molar-refractivity contribution in [2.75, 3.05) is 6.61 Å². The summed E-state index contributed by atoms with van der Waals surface area (Å²) in [5.41, 5.74) is 0.539. The van der Waals surface area contributed by atoms with Gasteiger partial charge in [0.2, 0.25) is 0 Å². The quantitative estimate of drug-likeness (QED) is 0.924.